The Kier molecular flexibility index (Phi) is 5.65. The van der Waals surface area contributed by atoms with Gasteiger partial charge in [0, 0.05) is 55.2 Å². The van der Waals surface area contributed by atoms with Crippen molar-refractivity contribution < 1.29 is 4.42 Å². The Morgan fingerprint density at radius 2 is 1.18 bits per heavy atom. The quantitative estimate of drug-likeness (QED) is 0.183. The molecular weight excluding hydrogens is 675 g/mol. The lowest BCUT2D eigenvalue weighted by molar-refractivity contribution is 0.669. The lowest BCUT2D eigenvalue weighted by Crippen LogP contribution is -2.00. The summed E-state index contributed by atoms with van der Waals surface area (Å²) < 4.78 is 11.6. The summed E-state index contributed by atoms with van der Waals surface area (Å²) in [6, 6.07) is 49.1. The van der Waals surface area contributed by atoms with Gasteiger partial charge < -0.3 is 13.4 Å². The average Bonchev–Trinajstić information content (AvgIpc) is 3.88. The van der Waals surface area contributed by atoms with Crippen molar-refractivity contribution in [1.82, 2.24) is 23.9 Å². The first kappa shape index (κ1) is 29.2. The Balaban J connectivity index is 1.02. The summed E-state index contributed by atoms with van der Waals surface area (Å²) in [6.07, 6.45) is 6.69. The van der Waals surface area contributed by atoms with Gasteiger partial charge in [-0.3, -0.25) is 0 Å². The van der Waals surface area contributed by atoms with Crippen molar-refractivity contribution in [3.63, 3.8) is 0 Å². The molecule has 1 aliphatic rings. The van der Waals surface area contributed by atoms with Gasteiger partial charge in [0.25, 0.3) is 0 Å². The summed E-state index contributed by atoms with van der Waals surface area (Å²) in [5, 5.41) is 8.51. The van der Waals surface area contributed by atoms with Crippen LogP contribution < -0.4 is 0 Å². The third kappa shape index (κ3) is 3.95. The van der Waals surface area contributed by atoms with E-state index < -0.39 is 0 Å². The highest BCUT2D eigenvalue weighted by atomic mass is 16.3. The van der Waals surface area contributed by atoms with Gasteiger partial charge in [0.15, 0.2) is 17.5 Å². The lowest BCUT2D eigenvalue weighted by Gasteiger charge is -2.12. The van der Waals surface area contributed by atoms with Crippen molar-refractivity contribution in [3.8, 4) is 39.9 Å². The van der Waals surface area contributed by atoms with Crippen LogP contribution in [0.1, 0.15) is 17.7 Å². The summed E-state index contributed by atoms with van der Waals surface area (Å²) in [6.45, 7) is 0. The fourth-order valence-electron chi connectivity index (χ4n) is 9.36. The molecule has 6 heteroatoms. The molecule has 0 bridgehead atoms. The van der Waals surface area contributed by atoms with Crippen LogP contribution in [0.3, 0.4) is 0 Å². The maximum absolute atomic E-state index is 6.60. The monoisotopic (exact) mass is 703 g/mol. The number of rotatable bonds is 4. The molecule has 7 aromatic carbocycles. The molecule has 256 valence electrons. The molecule has 0 atom stereocenters. The van der Waals surface area contributed by atoms with Gasteiger partial charge in [-0.2, -0.15) is 0 Å². The minimum absolute atomic E-state index is 0.649. The Bertz CT molecular complexity index is 3480. The summed E-state index contributed by atoms with van der Waals surface area (Å²) in [4.78, 5) is 14.9. The molecule has 6 nitrogen and oxygen atoms in total. The summed E-state index contributed by atoms with van der Waals surface area (Å²) >= 11 is 0. The van der Waals surface area contributed by atoms with Crippen LogP contribution in [0.15, 0.2) is 150 Å². The zero-order chi connectivity index (χ0) is 35.8. The summed E-state index contributed by atoms with van der Waals surface area (Å²) in [5.74, 6) is 1.96. The number of hydrogen-bond donors (Lipinski definition) is 0. The topological polar surface area (TPSA) is 61.2 Å². The Labute approximate surface area is 313 Å². The van der Waals surface area contributed by atoms with Gasteiger partial charge in [0.2, 0.25) is 0 Å². The van der Waals surface area contributed by atoms with E-state index in [1.807, 2.05) is 60.7 Å². The van der Waals surface area contributed by atoms with E-state index in [0.29, 0.717) is 17.5 Å². The molecule has 0 N–H and O–H groups in total. The van der Waals surface area contributed by atoms with Gasteiger partial charge in [-0.05, 0) is 78.2 Å². The normalized spacial score (nSPS) is 13.2. The van der Waals surface area contributed by atoms with E-state index in [1.54, 1.807) is 0 Å². The van der Waals surface area contributed by atoms with Crippen LogP contribution >= 0.6 is 0 Å². The molecule has 0 saturated heterocycles. The van der Waals surface area contributed by atoms with Crippen LogP contribution in [0, 0.1) is 0 Å². The molecule has 0 amide bonds. The lowest BCUT2D eigenvalue weighted by atomic mass is 10.00. The highest BCUT2D eigenvalue weighted by Crippen LogP contribution is 2.48. The van der Waals surface area contributed by atoms with Crippen LogP contribution in [0.25, 0.3) is 117 Å². The Morgan fingerprint density at radius 3 is 1.98 bits per heavy atom. The van der Waals surface area contributed by atoms with E-state index >= 15 is 0 Å². The second-order valence-corrected chi connectivity index (χ2v) is 14.7. The highest BCUT2D eigenvalue weighted by Gasteiger charge is 2.27. The van der Waals surface area contributed by atoms with Crippen molar-refractivity contribution in [2.45, 2.75) is 12.8 Å². The second-order valence-electron chi connectivity index (χ2n) is 14.7. The first-order valence-electron chi connectivity index (χ1n) is 18.8. The van der Waals surface area contributed by atoms with Gasteiger partial charge in [-0.1, -0.05) is 97.1 Å². The minimum atomic E-state index is 0.649. The maximum Gasteiger partial charge on any atom is 0.164 e. The molecule has 0 aliphatic heterocycles. The van der Waals surface area contributed by atoms with E-state index in [-0.39, 0.29) is 0 Å². The fraction of sp³-hybridized carbons (Fsp3) is 0.0408. The Hall–Kier alpha value is -7.31. The van der Waals surface area contributed by atoms with Gasteiger partial charge >= 0.3 is 0 Å². The molecule has 0 unspecified atom stereocenters. The summed E-state index contributed by atoms with van der Waals surface area (Å²) in [7, 11) is 0. The van der Waals surface area contributed by atoms with Crippen molar-refractivity contribution in [3.05, 3.63) is 157 Å². The Morgan fingerprint density at radius 1 is 0.509 bits per heavy atom. The third-order valence-electron chi connectivity index (χ3n) is 11.7. The van der Waals surface area contributed by atoms with E-state index in [9.17, 15) is 0 Å². The molecule has 5 aromatic heterocycles. The zero-order valence-corrected chi connectivity index (χ0v) is 29.5. The number of benzene rings is 7. The first-order valence-corrected chi connectivity index (χ1v) is 18.8. The zero-order valence-electron chi connectivity index (χ0n) is 29.5. The number of aromatic nitrogens is 5. The number of aryl methyl sites for hydroxylation is 1. The average molecular weight is 704 g/mol. The predicted molar refractivity (Wildman–Crippen MR) is 223 cm³/mol. The van der Waals surface area contributed by atoms with E-state index in [2.05, 4.69) is 100.0 Å². The third-order valence-corrected chi connectivity index (χ3v) is 11.7. The van der Waals surface area contributed by atoms with Crippen molar-refractivity contribution in [2.24, 2.45) is 0 Å². The van der Waals surface area contributed by atoms with Crippen LogP contribution in [0.2, 0.25) is 0 Å². The number of allylic oxidation sites excluding steroid dienone is 1. The van der Waals surface area contributed by atoms with Crippen LogP contribution in [0.4, 0.5) is 0 Å². The largest absolute Gasteiger partial charge is 0.456 e. The van der Waals surface area contributed by atoms with Crippen LogP contribution in [-0.2, 0) is 6.42 Å². The minimum Gasteiger partial charge on any atom is -0.456 e. The smallest absolute Gasteiger partial charge is 0.164 e. The van der Waals surface area contributed by atoms with Crippen LogP contribution in [-0.4, -0.2) is 23.9 Å². The molecule has 0 fully saturated rings. The molecule has 12 aromatic rings. The van der Waals surface area contributed by atoms with Crippen molar-refractivity contribution in [2.75, 3.05) is 0 Å². The fourth-order valence-corrected chi connectivity index (χ4v) is 9.36. The van der Waals surface area contributed by atoms with Gasteiger partial charge in [0.05, 0.1) is 27.5 Å². The van der Waals surface area contributed by atoms with Crippen molar-refractivity contribution >= 4 is 77.0 Å². The van der Waals surface area contributed by atoms with Gasteiger partial charge in [-0.25, -0.2) is 15.0 Å². The molecule has 0 saturated carbocycles. The molecule has 55 heavy (non-hydrogen) atoms. The van der Waals surface area contributed by atoms with Crippen molar-refractivity contribution in [1.29, 1.82) is 0 Å². The number of nitrogens with zero attached hydrogens (tertiary/aromatic N) is 5. The van der Waals surface area contributed by atoms with E-state index in [1.165, 1.54) is 60.3 Å². The maximum atomic E-state index is 6.60. The number of fused-ring (bicyclic) bond motifs is 5. The number of hydrogen-bond acceptors (Lipinski definition) is 4. The molecule has 5 heterocycles. The van der Waals surface area contributed by atoms with Gasteiger partial charge in [-0.15, -0.1) is 0 Å². The molecule has 13 rings (SSSR count). The molecule has 1 aliphatic carbocycles. The predicted octanol–water partition coefficient (Wildman–Crippen LogP) is 12.3. The summed E-state index contributed by atoms with van der Waals surface area (Å²) in [5.41, 5.74) is 13.4. The number of furan rings is 1. The van der Waals surface area contributed by atoms with E-state index in [4.69, 9.17) is 19.4 Å². The SMILES string of the molecule is C1=Cc2c(n3c4cccc5c4c4c6c(ccc4n5-c4ccc5cc(-c7nc(-c8ccccc8)nc(-c8ccccc8)n7)ccc5c4)oc4ccc2c3c46)CC1. The standard InChI is InChI=1S/C49H29N5O/c1-3-10-28(11-4-1)47-50-48(29-12-5-2-6-13-29)52-49(51-47)32-19-18-31-27-33(21-20-30(31)26-32)53-37-16-9-17-38-42(37)43-39(53)23-25-40-44(43)45-41(55-40)24-22-35-34-14-7-8-15-36(34)54(38)46(35)45/h1-7,9-14,16-27H,8,15H2. The van der Waals surface area contributed by atoms with Gasteiger partial charge in [0.1, 0.15) is 11.2 Å². The first-order chi connectivity index (χ1) is 27.3. The van der Waals surface area contributed by atoms with Crippen LogP contribution in [0.5, 0.6) is 0 Å². The second kappa shape index (κ2) is 10.6. The molecular formula is C49H29N5O. The van der Waals surface area contributed by atoms with E-state index in [0.717, 1.165) is 57.2 Å². The molecule has 0 radical (unpaired) electrons. The molecule has 0 spiro atoms. The highest BCUT2D eigenvalue weighted by molar-refractivity contribution is 6.35.